The van der Waals surface area contributed by atoms with Gasteiger partial charge >= 0.3 is 0 Å². The van der Waals surface area contributed by atoms with Crippen LogP contribution in [0.1, 0.15) is 16.8 Å². The van der Waals surface area contributed by atoms with Crippen molar-refractivity contribution < 1.29 is 4.79 Å². The van der Waals surface area contributed by atoms with Gasteiger partial charge in [-0.3, -0.25) is 15.6 Å². The number of hydrogen-bond acceptors (Lipinski definition) is 5. The molecule has 0 spiro atoms. The molecule has 1 unspecified atom stereocenters. The number of rotatable bonds is 4. The minimum absolute atomic E-state index is 0.122. The van der Waals surface area contributed by atoms with Crippen LogP contribution in [0.2, 0.25) is 0 Å². The summed E-state index contributed by atoms with van der Waals surface area (Å²) >= 11 is 1.94. The van der Waals surface area contributed by atoms with Crippen molar-refractivity contribution in [1.29, 1.82) is 0 Å². The van der Waals surface area contributed by atoms with Crippen LogP contribution in [-0.2, 0) is 0 Å². The third kappa shape index (κ3) is 3.10. The zero-order chi connectivity index (χ0) is 12.1. The van der Waals surface area contributed by atoms with E-state index >= 15 is 0 Å². The molecule has 0 radical (unpaired) electrons. The van der Waals surface area contributed by atoms with Crippen LogP contribution in [0.4, 0.5) is 5.69 Å². The second-order valence-electron chi connectivity index (χ2n) is 4.01. The molecule has 0 saturated carbocycles. The molecular weight excluding hydrogens is 236 g/mol. The van der Waals surface area contributed by atoms with Gasteiger partial charge in [0.2, 0.25) is 0 Å². The third-order valence-electron chi connectivity index (χ3n) is 2.80. The smallest absolute Gasteiger partial charge is 0.255 e. The number of anilines is 1. The average molecular weight is 252 g/mol. The molecule has 1 aromatic rings. The number of amides is 1. The van der Waals surface area contributed by atoms with Crippen LogP contribution >= 0.6 is 11.8 Å². The van der Waals surface area contributed by atoms with Gasteiger partial charge in [-0.2, -0.15) is 11.8 Å². The molecule has 1 amide bonds. The van der Waals surface area contributed by atoms with Crippen molar-refractivity contribution in [2.75, 3.05) is 23.5 Å². The predicted octanol–water partition coefficient (Wildman–Crippen LogP) is 0.850. The Morgan fingerprint density at radius 1 is 1.65 bits per heavy atom. The van der Waals surface area contributed by atoms with Crippen molar-refractivity contribution >= 4 is 23.4 Å². The number of hydrogen-bond donors (Lipinski definition) is 3. The first-order valence-corrected chi connectivity index (χ1v) is 6.73. The minimum Gasteiger partial charge on any atom is -0.352 e. The number of carbonyl (C=O) groups excluding carboxylic acids is 1. The number of pyridine rings is 1. The summed E-state index contributed by atoms with van der Waals surface area (Å²) in [6.45, 7) is 0.727. The summed E-state index contributed by atoms with van der Waals surface area (Å²) in [6, 6.07) is 1.68. The lowest BCUT2D eigenvalue weighted by molar-refractivity contribution is 0.0949. The largest absolute Gasteiger partial charge is 0.352 e. The van der Waals surface area contributed by atoms with E-state index in [0.717, 1.165) is 12.3 Å². The maximum absolute atomic E-state index is 11.9. The molecule has 1 saturated heterocycles. The summed E-state index contributed by atoms with van der Waals surface area (Å²) < 4.78 is 0. The Hall–Kier alpha value is -1.27. The second kappa shape index (κ2) is 5.88. The Kier molecular flexibility index (Phi) is 4.22. The van der Waals surface area contributed by atoms with Crippen LogP contribution in [-0.4, -0.2) is 28.9 Å². The Balaban J connectivity index is 1.94. The molecule has 1 aliphatic heterocycles. The van der Waals surface area contributed by atoms with Crippen LogP contribution < -0.4 is 16.6 Å². The average Bonchev–Trinajstić information content (AvgIpc) is 2.89. The van der Waals surface area contributed by atoms with Crippen molar-refractivity contribution in [3.05, 3.63) is 24.0 Å². The molecule has 0 bridgehead atoms. The zero-order valence-corrected chi connectivity index (χ0v) is 10.3. The normalized spacial score (nSPS) is 19.0. The molecule has 1 aliphatic rings. The number of nitrogen functional groups attached to an aromatic ring is 1. The van der Waals surface area contributed by atoms with Gasteiger partial charge in [-0.05, 0) is 29.9 Å². The molecule has 2 rings (SSSR count). The summed E-state index contributed by atoms with van der Waals surface area (Å²) in [5.41, 5.74) is 3.58. The van der Waals surface area contributed by atoms with Gasteiger partial charge in [0.05, 0.1) is 11.3 Å². The van der Waals surface area contributed by atoms with E-state index in [1.54, 1.807) is 12.3 Å². The number of aromatic nitrogens is 1. The lowest BCUT2D eigenvalue weighted by Crippen LogP contribution is -2.30. The van der Waals surface area contributed by atoms with Gasteiger partial charge in [0.15, 0.2) is 0 Å². The van der Waals surface area contributed by atoms with Crippen LogP contribution in [0.5, 0.6) is 0 Å². The van der Waals surface area contributed by atoms with Crippen LogP contribution in [0, 0.1) is 5.92 Å². The molecule has 0 aliphatic carbocycles. The Morgan fingerprint density at radius 2 is 2.53 bits per heavy atom. The molecule has 5 nitrogen and oxygen atoms in total. The number of thioether (sulfide) groups is 1. The highest BCUT2D eigenvalue weighted by molar-refractivity contribution is 7.99. The standard InChI is InChI=1S/C11H16N4OS/c12-15-10-1-3-13-6-9(10)11(16)14-5-8-2-4-17-7-8/h1,3,6,8H,2,4-5,7,12H2,(H,13,15)(H,14,16). The minimum atomic E-state index is -0.122. The molecule has 1 atom stereocenters. The quantitative estimate of drug-likeness (QED) is 0.547. The SMILES string of the molecule is NNc1ccncc1C(=O)NCC1CCSC1. The van der Waals surface area contributed by atoms with Crippen molar-refractivity contribution in [2.24, 2.45) is 11.8 Å². The number of hydrazine groups is 1. The first-order chi connectivity index (χ1) is 8.31. The topological polar surface area (TPSA) is 80.0 Å². The predicted molar refractivity (Wildman–Crippen MR) is 69.8 cm³/mol. The van der Waals surface area contributed by atoms with Crippen LogP contribution in [0.3, 0.4) is 0 Å². The van der Waals surface area contributed by atoms with E-state index in [9.17, 15) is 4.79 Å². The lowest BCUT2D eigenvalue weighted by Gasteiger charge is -2.11. The summed E-state index contributed by atoms with van der Waals surface area (Å²) in [5.74, 6) is 8.15. The van der Waals surface area contributed by atoms with Crippen molar-refractivity contribution in [3.63, 3.8) is 0 Å². The van der Waals surface area contributed by atoms with E-state index < -0.39 is 0 Å². The third-order valence-corrected chi connectivity index (χ3v) is 4.03. The van der Waals surface area contributed by atoms with Gasteiger partial charge in [-0.1, -0.05) is 0 Å². The van der Waals surface area contributed by atoms with E-state index in [1.165, 1.54) is 18.4 Å². The molecule has 6 heteroatoms. The van der Waals surface area contributed by atoms with E-state index in [-0.39, 0.29) is 5.91 Å². The second-order valence-corrected chi connectivity index (χ2v) is 5.16. The fourth-order valence-corrected chi connectivity index (χ4v) is 3.06. The first kappa shape index (κ1) is 12.2. The molecule has 1 fully saturated rings. The van der Waals surface area contributed by atoms with Gasteiger partial charge in [0.25, 0.3) is 5.91 Å². The Labute approximate surface area is 105 Å². The Morgan fingerprint density at radius 3 is 3.24 bits per heavy atom. The highest BCUT2D eigenvalue weighted by Crippen LogP contribution is 2.22. The molecule has 17 heavy (non-hydrogen) atoms. The van der Waals surface area contributed by atoms with E-state index in [1.807, 2.05) is 11.8 Å². The fourth-order valence-electron chi connectivity index (χ4n) is 1.78. The van der Waals surface area contributed by atoms with Crippen molar-refractivity contribution in [3.8, 4) is 0 Å². The number of nitrogens with zero attached hydrogens (tertiary/aromatic N) is 1. The van der Waals surface area contributed by atoms with Crippen molar-refractivity contribution in [2.45, 2.75) is 6.42 Å². The van der Waals surface area contributed by atoms with E-state index in [4.69, 9.17) is 5.84 Å². The van der Waals surface area contributed by atoms with Gasteiger partial charge in [0.1, 0.15) is 0 Å². The maximum atomic E-state index is 11.9. The van der Waals surface area contributed by atoms with Crippen LogP contribution in [0.25, 0.3) is 0 Å². The summed E-state index contributed by atoms with van der Waals surface area (Å²) in [5, 5.41) is 2.93. The number of carbonyl (C=O) groups is 1. The fraction of sp³-hybridized carbons (Fsp3) is 0.455. The van der Waals surface area contributed by atoms with Gasteiger partial charge in [-0.15, -0.1) is 0 Å². The maximum Gasteiger partial charge on any atom is 0.255 e. The molecule has 1 aromatic heterocycles. The van der Waals surface area contributed by atoms with Crippen LogP contribution in [0.15, 0.2) is 18.5 Å². The summed E-state index contributed by atoms with van der Waals surface area (Å²) in [4.78, 5) is 15.9. The highest BCUT2D eigenvalue weighted by Gasteiger charge is 2.17. The molecule has 92 valence electrons. The number of nitrogens with two attached hydrogens (primary N) is 1. The van der Waals surface area contributed by atoms with E-state index in [2.05, 4.69) is 15.7 Å². The van der Waals surface area contributed by atoms with Gasteiger partial charge in [0, 0.05) is 18.9 Å². The van der Waals surface area contributed by atoms with Gasteiger partial charge in [-0.25, -0.2) is 0 Å². The monoisotopic (exact) mass is 252 g/mol. The van der Waals surface area contributed by atoms with Crippen molar-refractivity contribution in [1.82, 2.24) is 10.3 Å². The first-order valence-electron chi connectivity index (χ1n) is 5.58. The number of nitrogens with one attached hydrogen (secondary N) is 2. The zero-order valence-electron chi connectivity index (χ0n) is 9.48. The Bertz CT molecular complexity index is 393. The molecule has 0 aromatic carbocycles. The molecule has 2 heterocycles. The molecular formula is C11H16N4OS. The highest BCUT2D eigenvalue weighted by atomic mass is 32.2. The molecule has 4 N–H and O–H groups in total. The van der Waals surface area contributed by atoms with Gasteiger partial charge < -0.3 is 10.7 Å². The van der Waals surface area contributed by atoms with E-state index in [0.29, 0.717) is 17.2 Å². The lowest BCUT2D eigenvalue weighted by atomic mass is 10.1. The summed E-state index contributed by atoms with van der Waals surface area (Å²) in [6.07, 6.45) is 4.30. The summed E-state index contributed by atoms with van der Waals surface area (Å²) in [7, 11) is 0.